The number of nitrogens with zero attached hydrogens (tertiary/aromatic N) is 1. The van der Waals surface area contributed by atoms with Gasteiger partial charge in [0.15, 0.2) is 0 Å². The minimum Gasteiger partial charge on any atom is -0.359 e. The molecule has 0 radical (unpaired) electrons. The smallest absolute Gasteiger partial charge is 0.227 e. The van der Waals surface area contributed by atoms with Crippen LogP contribution in [0.3, 0.4) is 0 Å². The predicted octanol–water partition coefficient (Wildman–Crippen LogP) is 1.88. The molecule has 2 saturated heterocycles. The van der Waals surface area contributed by atoms with Gasteiger partial charge in [0, 0.05) is 30.1 Å². The van der Waals surface area contributed by atoms with Crippen LogP contribution in [0.25, 0.3) is 10.9 Å². The summed E-state index contributed by atoms with van der Waals surface area (Å²) >= 11 is 0. The number of H-pyrrole nitrogens is 1. The summed E-state index contributed by atoms with van der Waals surface area (Å²) in [4.78, 5) is 17.6. The van der Waals surface area contributed by atoms with Crippen LogP contribution < -0.4 is 10.2 Å². The first-order valence-corrected chi connectivity index (χ1v) is 6.93. The van der Waals surface area contributed by atoms with Crippen molar-refractivity contribution in [1.82, 2.24) is 10.3 Å². The van der Waals surface area contributed by atoms with Crippen LogP contribution in [0, 0.1) is 5.92 Å². The SMILES string of the molecule is O=C1CC2CCNCC2N1c1c[nH]c2ccccc12. The third-order valence-electron chi connectivity index (χ3n) is 4.45. The molecule has 2 fully saturated rings. The maximum absolute atomic E-state index is 12.4. The van der Waals surface area contributed by atoms with Gasteiger partial charge in [-0.05, 0) is 24.9 Å². The van der Waals surface area contributed by atoms with Crippen LogP contribution in [0.5, 0.6) is 0 Å². The molecule has 2 atom stereocenters. The molecule has 2 N–H and O–H groups in total. The van der Waals surface area contributed by atoms with E-state index in [2.05, 4.69) is 22.4 Å². The van der Waals surface area contributed by atoms with E-state index in [4.69, 9.17) is 0 Å². The average molecular weight is 255 g/mol. The van der Waals surface area contributed by atoms with Crippen LogP contribution in [0.2, 0.25) is 0 Å². The van der Waals surface area contributed by atoms with Gasteiger partial charge in [-0.3, -0.25) is 4.79 Å². The molecule has 19 heavy (non-hydrogen) atoms. The molecule has 1 aromatic carbocycles. The molecule has 3 heterocycles. The Kier molecular flexibility index (Phi) is 2.38. The van der Waals surface area contributed by atoms with Gasteiger partial charge in [0.25, 0.3) is 0 Å². The molecular weight excluding hydrogens is 238 g/mol. The Labute approximate surface area is 111 Å². The fourth-order valence-electron chi connectivity index (χ4n) is 3.51. The topological polar surface area (TPSA) is 48.1 Å². The molecule has 2 aliphatic heterocycles. The van der Waals surface area contributed by atoms with Crippen molar-refractivity contribution < 1.29 is 4.79 Å². The van der Waals surface area contributed by atoms with Crippen molar-refractivity contribution in [2.24, 2.45) is 5.92 Å². The zero-order valence-corrected chi connectivity index (χ0v) is 10.7. The summed E-state index contributed by atoms with van der Waals surface area (Å²) < 4.78 is 0. The van der Waals surface area contributed by atoms with Crippen molar-refractivity contribution in [2.75, 3.05) is 18.0 Å². The summed E-state index contributed by atoms with van der Waals surface area (Å²) in [5.74, 6) is 0.783. The van der Waals surface area contributed by atoms with Crippen LogP contribution in [0.4, 0.5) is 5.69 Å². The predicted molar refractivity (Wildman–Crippen MR) is 75.2 cm³/mol. The number of hydrogen-bond acceptors (Lipinski definition) is 2. The number of aromatic amines is 1. The monoisotopic (exact) mass is 255 g/mol. The number of benzene rings is 1. The van der Waals surface area contributed by atoms with E-state index in [0.29, 0.717) is 18.4 Å². The summed E-state index contributed by atoms with van der Waals surface area (Å²) in [5.41, 5.74) is 2.13. The lowest BCUT2D eigenvalue weighted by atomic mass is 9.93. The van der Waals surface area contributed by atoms with Crippen LogP contribution >= 0.6 is 0 Å². The molecule has 2 unspecified atom stereocenters. The van der Waals surface area contributed by atoms with E-state index >= 15 is 0 Å². The number of nitrogens with one attached hydrogen (secondary N) is 2. The van der Waals surface area contributed by atoms with Gasteiger partial charge in [-0.15, -0.1) is 0 Å². The van der Waals surface area contributed by atoms with Crippen molar-refractivity contribution in [3.63, 3.8) is 0 Å². The normalized spacial score (nSPS) is 26.9. The van der Waals surface area contributed by atoms with Crippen LogP contribution in [-0.4, -0.2) is 30.0 Å². The van der Waals surface area contributed by atoms with E-state index in [1.807, 2.05) is 23.2 Å². The molecular formula is C15H17N3O. The highest BCUT2D eigenvalue weighted by Crippen LogP contribution is 2.37. The molecule has 4 rings (SSSR count). The summed E-state index contributed by atoms with van der Waals surface area (Å²) in [6.45, 7) is 1.95. The number of para-hydroxylation sites is 1. The molecule has 0 aliphatic carbocycles. The summed E-state index contributed by atoms with van der Waals surface area (Å²) in [6.07, 6.45) is 3.78. The Morgan fingerprint density at radius 2 is 2.16 bits per heavy atom. The second-order valence-corrected chi connectivity index (χ2v) is 5.51. The fourth-order valence-corrected chi connectivity index (χ4v) is 3.51. The lowest BCUT2D eigenvalue weighted by molar-refractivity contribution is -0.117. The van der Waals surface area contributed by atoms with E-state index in [1.165, 1.54) is 0 Å². The summed E-state index contributed by atoms with van der Waals surface area (Å²) in [6, 6.07) is 8.49. The van der Waals surface area contributed by atoms with Crippen LogP contribution in [0.1, 0.15) is 12.8 Å². The molecule has 0 bridgehead atoms. The maximum Gasteiger partial charge on any atom is 0.227 e. The number of hydrogen-bond donors (Lipinski definition) is 2. The molecule has 0 spiro atoms. The van der Waals surface area contributed by atoms with Crippen molar-refractivity contribution >= 4 is 22.5 Å². The van der Waals surface area contributed by atoms with Gasteiger partial charge in [-0.2, -0.15) is 0 Å². The van der Waals surface area contributed by atoms with E-state index in [9.17, 15) is 4.79 Å². The minimum absolute atomic E-state index is 0.267. The number of carbonyl (C=O) groups is 1. The Bertz CT molecular complexity index is 633. The summed E-state index contributed by atoms with van der Waals surface area (Å²) in [5, 5.41) is 4.55. The first-order chi connectivity index (χ1) is 9.34. The lowest BCUT2D eigenvalue weighted by Gasteiger charge is -2.31. The van der Waals surface area contributed by atoms with Gasteiger partial charge in [-0.25, -0.2) is 0 Å². The summed E-state index contributed by atoms with van der Waals surface area (Å²) in [7, 11) is 0. The maximum atomic E-state index is 12.4. The van der Waals surface area contributed by atoms with E-state index < -0.39 is 0 Å². The van der Waals surface area contributed by atoms with Crippen molar-refractivity contribution in [3.05, 3.63) is 30.5 Å². The van der Waals surface area contributed by atoms with Crippen LogP contribution in [0.15, 0.2) is 30.5 Å². The highest BCUT2D eigenvalue weighted by atomic mass is 16.2. The number of piperidine rings is 1. The highest BCUT2D eigenvalue weighted by molar-refractivity contribution is 6.05. The van der Waals surface area contributed by atoms with E-state index in [-0.39, 0.29) is 5.91 Å². The molecule has 2 aromatic rings. The van der Waals surface area contributed by atoms with Crippen molar-refractivity contribution in [2.45, 2.75) is 18.9 Å². The Balaban J connectivity index is 1.80. The average Bonchev–Trinajstić information content (AvgIpc) is 2.98. The number of amides is 1. The van der Waals surface area contributed by atoms with E-state index in [1.54, 1.807) is 0 Å². The molecule has 1 aromatic heterocycles. The third-order valence-corrected chi connectivity index (χ3v) is 4.45. The molecule has 0 saturated carbocycles. The van der Waals surface area contributed by atoms with Gasteiger partial charge in [0.05, 0.1) is 11.7 Å². The number of rotatable bonds is 1. The second kappa shape index (κ2) is 4.10. The molecule has 4 heteroatoms. The molecule has 2 aliphatic rings. The molecule has 4 nitrogen and oxygen atoms in total. The number of fused-ring (bicyclic) bond motifs is 2. The number of aromatic nitrogens is 1. The third kappa shape index (κ3) is 1.60. The van der Waals surface area contributed by atoms with Gasteiger partial charge in [0.1, 0.15) is 0 Å². The van der Waals surface area contributed by atoms with Gasteiger partial charge in [0.2, 0.25) is 5.91 Å². The molecule has 1 amide bonds. The van der Waals surface area contributed by atoms with Gasteiger partial charge >= 0.3 is 0 Å². The Hall–Kier alpha value is -1.81. The number of anilines is 1. The molecule has 98 valence electrons. The second-order valence-electron chi connectivity index (χ2n) is 5.51. The largest absolute Gasteiger partial charge is 0.359 e. The highest BCUT2D eigenvalue weighted by Gasteiger charge is 2.42. The zero-order valence-electron chi connectivity index (χ0n) is 10.7. The fraction of sp³-hybridized carbons (Fsp3) is 0.400. The first kappa shape index (κ1) is 11.1. The minimum atomic E-state index is 0.267. The quantitative estimate of drug-likeness (QED) is 0.817. The van der Waals surface area contributed by atoms with Crippen molar-refractivity contribution in [1.29, 1.82) is 0 Å². The Morgan fingerprint density at radius 1 is 1.26 bits per heavy atom. The van der Waals surface area contributed by atoms with Gasteiger partial charge in [-0.1, -0.05) is 18.2 Å². The first-order valence-electron chi connectivity index (χ1n) is 6.93. The van der Waals surface area contributed by atoms with Crippen molar-refractivity contribution in [3.8, 4) is 0 Å². The van der Waals surface area contributed by atoms with E-state index in [0.717, 1.165) is 36.1 Å². The lowest BCUT2D eigenvalue weighted by Crippen LogP contribution is -2.46. The zero-order chi connectivity index (χ0) is 12.8. The standard InChI is InChI=1S/C15H17N3O/c19-15-7-10-5-6-16-8-13(10)18(15)14-9-17-12-4-2-1-3-11(12)14/h1-4,9-10,13,16-17H,5-8H2. The van der Waals surface area contributed by atoms with Gasteiger partial charge < -0.3 is 15.2 Å². The Morgan fingerprint density at radius 3 is 3.11 bits per heavy atom. The number of carbonyl (C=O) groups excluding carboxylic acids is 1. The van der Waals surface area contributed by atoms with Crippen LogP contribution in [-0.2, 0) is 4.79 Å².